The molecule has 1 atom stereocenters. The summed E-state index contributed by atoms with van der Waals surface area (Å²) in [5, 5.41) is 0. The number of carbonyl (C=O) groups is 2. The van der Waals surface area contributed by atoms with Gasteiger partial charge < -0.3 is 18.8 Å². The monoisotopic (exact) mass is 508 g/mol. The van der Waals surface area contributed by atoms with Gasteiger partial charge in [-0.3, -0.25) is 9.69 Å². The van der Waals surface area contributed by atoms with Gasteiger partial charge in [-0.05, 0) is 50.4 Å². The van der Waals surface area contributed by atoms with Gasteiger partial charge in [0.05, 0.1) is 18.4 Å². The molecule has 0 radical (unpaired) electrons. The van der Waals surface area contributed by atoms with Crippen molar-refractivity contribution in [2.75, 3.05) is 26.2 Å². The summed E-state index contributed by atoms with van der Waals surface area (Å²) < 4.78 is 55.2. The Bertz CT molecular complexity index is 1050. The zero-order valence-corrected chi connectivity index (χ0v) is 20.4. The predicted molar refractivity (Wildman–Crippen MR) is 124 cm³/mol. The van der Waals surface area contributed by atoms with Crippen LogP contribution in [0, 0.1) is 11.3 Å². The Morgan fingerprint density at radius 1 is 1.11 bits per heavy atom. The van der Waals surface area contributed by atoms with E-state index in [0.29, 0.717) is 51.4 Å². The molecule has 2 aliphatic heterocycles. The van der Waals surface area contributed by atoms with Gasteiger partial charge in [0.25, 0.3) is 5.91 Å². The zero-order valence-electron chi connectivity index (χ0n) is 20.4. The molecular formula is C26H31F3N2O5. The van der Waals surface area contributed by atoms with Crippen LogP contribution in [0.25, 0.3) is 0 Å². The topological polar surface area (TPSA) is 72.2 Å². The number of hydrogen-bond donors (Lipinski definition) is 0. The number of likely N-dealkylation sites (tertiary alicyclic amines) is 2. The fourth-order valence-electron chi connectivity index (χ4n) is 4.96. The summed E-state index contributed by atoms with van der Waals surface area (Å²) >= 11 is 0. The highest BCUT2D eigenvalue weighted by atomic mass is 19.4. The van der Waals surface area contributed by atoms with Crippen molar-refractivity contribution in [3.63, 3.8) is 0 Å². The summed E-state index contributed by atoms with van der Waals surface area (Å²) in [4.78, 5) is 28.3. The van der Waals surface area contributed by atoms with E-state index < -0.39 is 29.7 Å². The Kier molecular flexibility index (Phi) is 7.63. The van der Waals surface area contributed by atoms with Crippen LogP contribution in [0.1, 0.15) is 49.0 Å². The van der Waals surface area contributed by atoms with E-state index in [9.17, 15) is 22.8 Å². The third-order valence-corrected chi connectivity index (χ3v) is 6.93. The highest BCUT2D eigenvalue weighted by Crippen LogP contribution is 2.47. The summed E-state index contributed by atoms with van der Waals surface area (Å²) in [6.07, 6.45) is -2.45. The van der Waals surface area contributed by atoms with Gasteiger partial charge in [0.2, 0.25) is 0 Å². The lowest BCUT2D eigenvalue weighted by Crippen LogP contribution is -2.51. The minimum Gasteiger partial charge on any atom is -0.493 e. The second-order valence-electron chi connectivity index (χ2n) is 9.97. The van der Waals surface area contributed by atoms with Crippen molar-refractivity contribution in [2.45, 2.75) is 52.1 Å². The normalized spacial score (nSPS) is 20.2. The molecule has 3 heterocycles. The molecule has 1 aromatic heterocycles. The van der Waals surface area contributed by atoms with Crippen LogP contribution in [-0.2, 0) is 16.1 Å². The standard InChI is InChI=1S/C26H31F3N2O5/c1-18(2)16-35-21-6-4-3-5-19(21)15-30-11-8-25(9-12-30)10-13-31(22(32)20-7-14-34-17-20)23(25)36-24(33)26(27,28)29/h3-7,14,17-18,23H,8-13,15-16H2,1-2H3. The van der Waals surface area contributed by atoms with Gasteiger partial charge in [0.15, 0.2) is 6.23 Å². The van der Waals surface area contributed by atoms with E-state index in [1.165, 1.54) is 23.5 Å². The van der Waals surface area contributed by atoms with Crippen LogP contribution >= 0.6 is 0 Å². The number of furan rings is 1. The van der Waals surface area contributed by atoms with Gasteiger partial charge in [-0.15, -0.1) is 0 Å². The zero-order chi connectivity index (χ0) is 25.9. The SMILES string of the molecule is CC(C)COc1ccccc1CN1CCC2(CC1)CCN(C(=O)c1ccoc1)C2OC(=O)C(F)(F)F. The van der Waals surface area contributed by atoms with Crippen LogP contribution < -0.4 is 4.74 Å². The second kappa shape index (κ2) is 10.5. The smallest absolute Gasteiger partial charge is 0.491 e. The average Bonchev–Trinajstić information content (AvgIpc) is 3.49. The molecule has 7 nitrogen and oxygen atoms in total. The van der Waals surface area contributed by atoms with Crippen LogP contribution in [0.3, 0.4) is 0 Å². The number of ether oxygens (including phenoxy) is 2. The lowest BCUT2D eigenvalue weighted by molar-refractivity contribution is -0.217. The first-order chi connectivity index (χ1) is 17.1. The quantitative estimate of drug-likeness (QED) is 0.497. The molecule has 2 aromatic rings. The largest absolute Gasteiger partial charge is 0.493 e. The molecule has 0 saturated carbocycles. The highest BCUT2D eigenvalue weighted by Gasteiger charge is 2.55. The average molecular weight is 509 g/mol. The number of nitrogens with zero attached hydrogens (tertiary/aromatic N) is 2. The van der Waals surface area contributed by atoms with Crippen molar-refractivity contribution >= 4 is 11.9 Å². The lowest BCUT2D eigenvalue weighted by atomic mass is 9.76. The van der Waals surface area contributed by atoms with Crippen LogP contribution in [0.2, 0.25) is 0 Å². The number of rotatable bonds is 7. The van der Waals surface area contributed by atoms with E-state index in [1.54, 1.807) is 0 Å². The molecule has 36 heavy (non-hydrogen) atoms. The first kappa shape index (κ1) is 26.1. The molecule has 0 bridgehead atoms. The van der Waals surface area contributed by atoms with Gasteiger partial charge in [-0.25, -0.2) is 4.79 Å². The minimum atomic E-state index is -5.14. The molecule has 2 aliphatic rings. The maximum absolute atomic E-state index is 13.1. The maximum atomic E-state index is 13.1. The second-order valence-corrected chi connectivity index (χ2v) is 9.97. The van der Waals surface area contributed by atoms with Gasteiger partial charge in [0.1, 0.15) is 12.0 Å². The van der Waals surface area contributed by atoms with Gasteiger partial charge in [-0.2, -0.15) is 13.2 Å². The van der Waals surface area contributed by atoms with Crippen LogP contribution in [0.5, 0.6) is 5.75 Å². The molecule has 0 aliphatic carbocycles. The van der Waals surface area contributed by atoms with E-state index in [2.05, 4.69) is 18.7 Å². The molecule has 4 rings (SSSR count). The number of amides is 1. The molecule has 2 saturated heterocycles. The third kappa shape index (κ3) is 5.69. The fraction of sp³-hybridized carbons (Fsp3) is 0.538. The summed E-state index contributed by atoms with van der Waals surface area (Å²) in [6, 6.07) is 9.26. The van der Waals surface area contributed by atoms with Gasteiger partial charge >= 0.3 is 12.1 Å². The number of esters is 1. The summed E-state index contributed by atoms with van der Waals surface area (Å²) in [5.41, 5.74) is 0.498. The number of para-hydroxylation sites is 1. The van der Waals surface area contributed by atoms with Gasteiger partial charge in [-0.1, -0.05) is 32.0 Å². The molecular weight excluding hydrogens is 477 g/mol. The molecule has 0 N–H and O–H groups in total. The molecule has 1 aromatic carbocycles. The molecule has 196 valence electrons. The third-order valence-electron chi connectivity index (χ3n) is 6.93. The minimum absolute atomic E-state index is 0.200. The Balaban J connectivity index is 1.48. The number of halogens is 3. The Morgan fingerprint density at radius 3 is 2.44 bits per heavy atom. The number of hydrogen-bond acceptors (Lipinski definition) is 6. The molecule has 2 fully saturated rings. The molecule has 1 unspecified atom stereocenters. The van der Waals surface area contributed by atoms with E-state index in [-0.39, 0.29) is 12.1 Å². The van der Waals surface area contributed by atoms with Crippen molar-refractivity contribution in [2.24, 2.45) is 11.3 Å². The van der Waals surface area contributed by atoms with Crippen molar-refractivity contribution < 1.29 is 36.7 Å². The Morgan fingerprint density at radius 2 is 1.81 bits per heavy atom. The van der Waals surface area contributed by atoms with Crippen molar-refractivity contribution in [1.82, 2.24) is 9.80 Å². The fourth-order valence-corrected chi connectivity index (χ4v) is 4.96. The van der Waals surface area contributed by atoms with Crippen molar-refractivity contribution in [3.05, 3.63) is 54.0 Å². The maximum Gasteiger partial charge on any atom is 0.491 e. The predicted octanol–water partition coefficient (Wildman–Crippen LogP) is 4.87. The molecule has 1 spiro atoms. The lowest BCUT2D eigenvalue weighted by Gasteiger charge is -2.43. The van der Waals surface area contributed by atoms with Crippen LogP contribution in [-0.4, -0.2) is 60.3 Å². The van der Waals surface area contributed by atoms with Crippen molar-refractivity contribution in [3.8, 4) is 5.75 Å². The summed E-state index contributed by atoms with van der Waals surface area (Å²) in [5.74, 6) is -1.59. The molecule has 10 heteroatoms. The number of piperidine rings is 1. The number of alkyl halides is 3. The van der Waals surface area contributed by atoms with E-state index in [4.69, 9.17) is 13.9 Å². The summed E-state index contributed by atoms with van der Waals surface area (Å²) in [7, 11) is 0. The first-order valence-corrected chi connectivity index (χ1v) is 12.1. The highest BCUT2D eigenvalue weighted by molar-refractivity contribution is 5.94. The summed E-state index contributed by atoms with van der Waals surface area (Å²) in [6.45, 7) is 6.78. The van der Waals surface area contributed by atoms with E-state index in [0.717, 1.165) is 11.3 Å². The number of carbonyl (C=O) groups excluding carboxylic acids is 2. The Hall–Kier alpha value is -3.01. The number of benzene rings is 1. The van der Waals surface area contributed by atoms with Crippen LogP contribution in [0.4, 0.5) is 13.2 Å². The van der Waals surface area contributed by atoms with Crippen LogP contribution in [0.15, 0.2) is 47.3 Å². The van der Waals surface area contributed by atoms with E-state index >= 15 is 0 Å². The molecule has 1 amide bonds. The first-order valence-electron chi connectivity index (χ1n) is 12.1. The Labute approximate surface area is 208 Å². The van der Waals surface area contributed by atoms with Gasteiger partial charge in [0, 0.05) is 24.1 Å². The van der Waals surface area contributed by atoms with Crippen molar-refractivity contribution in [1.29, 1.82) is 0 Å². The van der Waals surface area contributed by atoms with E-state index in [1.807, 2.05) is 24.3 Å².